The van der Waals surface area contributed by atoms with Crippen LogP contribution in [-0.2, 0) is 23.6 Å². The molecule has 0 aliphatic heterocycles. The fourth-order valence-corrected chi connectivity index (χ4v) is 3.00. The minimum absolute atomic E-state index is 0. The second-order valence-electron chi connectivity index (χ2n) is 7.13. The van der Waals surface area contributed by atoms with Crippen LogP contribution < -0.4 is 21.9 Å². The summed E-state index contributed by atoms with van der Waals surface area (Å²) in [7, 11) is 4.31. The van der Waals surface area contributed by atoms with Crippen molar-refractivity contribution in [3.63, 3.8) is 0 Å². The largest absolute Gasteiger partial charge is 0.468 e. The summed E-state index contributed by atoms with van der Waals surface area (Å²) in [4.78, 5) is 47.7. The molecule has 0 amide bonds. The molecular weight excluding hydrogens is 456 g/mol. The van der Waals surface area contributed by atoms with Crippen molar-refractivity contribution in [3.8, 4) is 0 Å². The van der Waals surface area contributed by atoms with E-state index in [1.807, 2.05) is 4.90 Å². The van der Waals surface area contributed by atoms with E-state index in [9.17, 15) is 24.5 Å². The number of carbonyl (C=O) groups is 1. The van der Waals surface area contributed by atoms with Crippen LogP contribution in [0, 0.1) is 10.1 Å². The van der Waals surface area contributed by atoms with Crippen LogP contribution in [-0.4, -0.2) is 64.8 Å². The average Bonchev–Trinajstić information content (AvgIpc) is 2.78. The van der Waals surface area contributed by atoms with Gasteiger partial charge in [0, 0.05) is 64.2 Å². The van der Waals surface area contributed by atoms with Crippen LogP contribution in [0.2, 0.25) is 0 Å². The van der Waals surface area contributed by atoms with Crippen molar-refractivity contribution in [2.24, 2.45) is 14.1 Å². The second kappa shape index (κ2) is 13.2. The Hall–Kier alpha value is -3.38. The molecule has 2 aromatic rings. The number of nitrogens with zero attached hydrogens (tertiary/aromatic N) is 4. The van der Waals surface area contributed by atoms with E-state index in [-0.39, 0.29) is 30.6 Å². The SMILES string of the molecule is COC(=O)CN(CCCNc1ccc([N+](=O)[O-])cc1)CCNc1cc(=O)n(C)c(=O)n1C.Cl. The molecule has 0 atom stereocenters. The Kier molecular flexibility index (Phi) is 11.1. The van der Waals surface area contributed by atoms with Crippen molar-refractivity contribution in [2.45, 2.75) is 6.42 Å². The highest BCUT2D eigenvalue weighted by molar-refractivity contribution is 5.85. The Morgan fingerprint density at radius 1 is 1.09 bits per heavy atom. The van der Waals surface area contributed by atoms with Crippen molar-refractivity contribution in [1.82, 2.24) is 14.0 Å². The van der Waals surface area contributed by atoms with E-state index in [0.717, 1.165) is 10.3 Å². The Morgan fingerprint density at radius 2 is 1.76 bits per heavy atom. The monoisotopic (exact) mass is 484 g/mol. The van der Waals surface area contributed by atoms with Crippen molar-refractivity contribution >= 4 is 35.6 Å². The lowest BCUT2D eigenvalue weighted by Gasteiger charge is -2.22. The first kappa shape index (κ1) is 27.7. The van der Waals surface area contributed by atoms with Crippen molar-refractivity contribution in [3.05, 3.63) is 61.3 Å². The van der Waals surface area contributed by atoms with E-state index < -0.39 is 16.2 Å². The molecule has 1 aromatic heterocycles. The lowest BCUT2D eigenvalue weighted by Crippen LogP contribution is -2.39. The summed E-state index contributed by atoms with van der Waals surface area (Å²) in [5.74, 6) is 0.0327. The molecule has 2 N–H and O–H groups in total. The van der Waals surface area contributed by atoms with Crippen LogP contribution >= 0.6 is 12.4 Å². The molecule has 0 saturated heterocycles. The van der Waals surface area contributed by atoms with Crippen LogP contribution in [0.25, 0.3) is 0 Å². The van der Waals surface area contributed by atoms with E-state index in [2.05, 4.69) is 10.6 Å². The molecule has 0 aliphatic rings. The summed E-state index contributed by atoms with van der Waals surface area (Å²) >= 11 is 0. The van der Waals surface area contributed by atoms with Crippen LogP contribution in [0.5, 0.6) is 0 Å². The van der Waals surface area contributed by atoms with Gasteiger partial charge in [0.05, 0.1) is 18.6 Å². The van der Waals surface area contributed by atoms with Crippen molar-refractivity contribution < 1.29 is 14.5 Å². The fourth-order valence-electron chi connectivity index (χ4n) is 3.00. The number of hydrogen-bond donors (Lipinski definition) is 2. The molecule has 0 fully saturated rings. The first-order valence-corrected chi connectivity index (χ1v) is 10.0. The Labute approximate surface area is 196 Å². The van der Waals surface area contributed by atoms with Crippen LogP contribution in [0.15, 0.2) is 39.9 Å². The fraction of sp³-hybridized carbons (Fsp3) is 0.450. The van der Waals surface area contributed by atoms with Crippen molar-refractivity contribution in [1.29, 1.82) is 0 Å². The Morgan fingerprint density at radius 3 is 2.36 bits per heavy atom. The normalized spacial score (nSPS) is 10.4. The highest BCUT2D eigenvalue weighted by Crippen LogP contribution is 2.15. The Balaban J connectivity index is 0.00000544. The summed E-state index contributed by atoms with van der Waals surface area (Å²) < 4.78 is 7.12. The number of ether oxygens (including phenoxy) is 1. The maximum Gasteiger partial charge on any atom is 0.332 e. The molecule has 0 bridgehead atoms. The van der Waals surface area contributed by atoms with Gasteiger partial charge in [-0.3, -0.25) is 33.7 Å². The molecule has 182 valence electrons. The van der Waals surface area contributed by atoms with E-state index in [0.29, 0.717) is 38.4 Å². The number of aromatic nitrogens is 2. The second-order valence-corrected chi connectivity index (χ2v) is 7.13. The smallest absolute Gasteiger partial charge is 0.332 e. The quantitative estimate of drug-likeness (QED) is 0.194. The molecule has 1 aromatic carbocycles. The van der Waals surface area contributed by atoms with E-state index in [1.165, 1.54) is 36.9 Å². The zero-order valence-corrected chi connectivity index (χ0v) is 19.6. The first-order chi connectivity index (χ1) is 15.2. The predicted molar refractivity (Wildman–Crippen MR) is 127 cm³/mol. The van der Waals surface area contributed by atoms with Gasteiger partial charge in [-0.25, -0.2) is 4.79 Å². The molecule has 12 nitrogen and oxygen atoms in total. The zero-order chi connectivity index (χ0) is 23.7. The predicted octanol–water partition coefficient (Wildman–Crippen LogP) is 0.803. The summed E-state index contributed by atoms with van der Waals surface area (Å²) in [5, 5.41) is 17.0. The minimum atomic E-state index is -0.451. The molecule has 33 heavy (non-hydrogen) atoms. The number of benzene rings is 1. The Bertz CT molecular complexity index is 1050. The summed E-state index contributed by atoms with van der Waals surface area (Å²) in [6.45, 7) is 2.19. The molecule has 0 spiro atoms. The molecule has 13 heteroatoms. The third-order valence-corrected chi connectivity index (χ3v) is 4.90. The lowest BCUT2D eigenvalue weighted by atomic mass is 10.2. The van der Waals surface area contributed by atoms with Gasteiger partial charge < -0.3 is 15.4 Å². The van der Waals surface area contributed by atoms with Crippen molar-refractivity contribution in [2.75, 3.05) is 50.5 Å². The van der Waals surface area contributed by atoms with Gasteiger partial charge in [-0.15, -0.1) is 12.4 Å². The van der Waals surface area contributed by atoms with E-state index in [4.69, 9.17) is 4.74 Å². The number of hydrogen-bond acceptors (Lipinski definition) is 9. The molecule has 0 saturated carbocycles. The zero-order valence-electron chi connectivity index (χ0n) is 18.8. The van der Waals surface area contributed by atoms with Crippen LogP contribution in [0.3, 0.4) is 0 Å². The lowest BCUT2D eigenvalue weighted by molar-refractivity contribution is -0.384. The number of anilines is 2. The van der Waals surface area contributed by atoms with E-state index >= 15 is 0 Å². The molecule has 1 heterocycles. The number of nitro groups is 1. The van der Waals surface area contributed by atoms with Gasteiger partial charge in [-0.2, -0.15) is 0 Å². The average molecular weight is 485 g/mol. The number of methoxy groups -OCH3 is 1. The maximum atomic E-state index is 12.0. The molecule has 0 radical (unpaired) electrons. The topological polar surface area (TPSA) is 141 Å². The number of halogens is 1. The standard InChI is InChI=1S/C20H28N6O6.ClH/c1-23-17(13-18(27)24(2)20(23)29)22-10-12-25(14-19(28)32-3)11-4-9-21-15-5-7-16(8-6-15)26(30)31;/h5-8,13,21-22H,4,9-12,14H2,1-3H3;1H. The highest BCUT2D eigenvalue weighted by atomic mass is 35.5. The number of rotatable bonds is 12. The van der Waals surface area contributed by atoms with Gasteiger partial charge >= 0.3 is 11.7 Å². The minimum Gasteiger partial charge on any atom is -0.468 e. The van der Waals surface area contributed by atoms with E-state index in [1.54, 1.807) is 19.2 Å². The van der Waals surface area contributed by atoms with Gasteiger partial charge in [-0.05, 0) is 18.6 Å². The molecule has 0 unspecified atom stereocenters. The van der Waals surface area contributed by atoms with Gasteiger partial charge in [0.15, 0.2) is 0 Å². The first-order valence-electron chi connectivity index (χ1n) is 10.0. The van der Waals surface area contributed by atoms with Gasteiger partial charge in [0.25, 0.3) is 11.2 Å². The summed E-state index contributed by atoms with van der Waals surface area (Å²) in [5.41, 5.74) is -0.0347. The number of esters is 1. The maximum absolute atomic E-state index is 12.0. The highest BCUT2D eigenvalue weighted by Gasteiger charge is 2.12. The molecule has 0 aliphatic carbocycles. The number of nitrogens with one attached hydrogen (secondary N) is 2. The summed E-state index contributed by atoms with van der Waals surface area (Å²) in [6, 6.07) is 7.50. The van der Waals surface area contributed by atoms with Crippen LogP contribution in [0.4, 0.5) is 17.2 Å². The third kappa shape index (κ3) is 8.24. The number of non-ortho nitro benzene ring substituents is 1. The molecule has 2 rings (SSSR count). The molecular formula is C20H29ClN6O6. The van der Waals surface area contributed by atoms with Crippen LogP contribution in [0.1, 0.15) is 6.42 Å². The third-order valence-electron chi connectivity index (χ3n) is 4.90. The van der Waals surface area contributed by atoms with Gasteiger partial charge in [-0.1, -0.05) is 0 Å². The number of carbonyl (C=O) groups excluding carboxylic acids is 1. The summed E-state index contributed by atoms with van der Waals surface area (Å²) in [6.07, 6.45) is 0.707. The van der Waals surface area contributed by atoms with Gasteiger partial charge in [0.1, 0.15) is 5.82 Å². The number of nitro benzene ring substituents is 1. The van der Waals surface area contributed by atoms with Gasteiger partial charge in [0.2, 0.25) is 0 Å².